The first-order valence-electron chi connectivity index (χ1n) is 10.0. The van der Waals surface area contributed by atoms with Crippen molar-refractivity contribution in [1.29, 1.82) is 0 Å². The van der Waals surface area contributed by atoms with Crippen LogP contribution in [0, 0.1) is 0 Å². The van der Waals surface area contributed by atoms with E-state index >= 15 is 0 Å². The number of nitrogens with one attached hydrogen (secondary N) is 2. The van der Waals surface area contributed by atoms with E-state index in [9.17, 15) is 13.2 Å². The van der Waals surface area contributed by atoms with Crippen LogP contribution < -0.4 is 15.6 Å². The first kappa shape index (κ1) is 22.5. The first-order chi connectivity index (χ1) is 15.3. The SMILES string of the molecule is COc1cccc2sc(NNC(=O)c3ccc(S(=O)(=O)N4C[C@@H](C)O[C@H](C)C4)cc3)nc12. The van der Waals surface area contributed by atoms with Crippen LogP contribution in [0.2, 0.25) is 0 Å². The lowest BCUT2D eigenvalue weighted by molar-refractivity contribution is -0.0440. The number of carbonyl (C=O) groups excluding carboxylic acids is 1. The zero-order chi connectivity index (χ0) is 22.9. The molecular formula is C21H24N4O5S2. The fourth-order valence-electron chi connectivity index (χ4n) is 3.58. The summed E-state index contributed by atoms with van der Waals surface area (Å²) in [5.74, 6) is 0.243. The quantitative estimate of drug-likeness (QED) is 0.527. The molecule has 3 aromatic rings. The van der Waals surface area contributed by atoms with Gasteiger partial charge in [-0.25, -0.2) is 13.4 Å². The molecule has 1 aliphatic rings. The molecule has 2 atom stereocenters. The maximum absolute atomic E-state index is 12.9. The van der Waals surface area contributed by atoms with E-state index in [0.717, 1.165) is 4.70 Å². The Hall–Kier alpha value is -2.73. The van der Waals surface area contributed by atoms with Crippen LogP contribution >= 0.6 is 11.3 Å². The Labute approximate surface area is 190 Å². The molecule has 4 rings (SSSR count). The summed E-state index contributed by atoms with van der Waals surface area (Å²) in [6.07, 6.45) is -0.348. The van der Waals surface area contributed by atoms with Crippen molar-refractivity contribution < 1.29 is 22.7 Å². The number of morpholine rings is 1. The number of aromatic nitrogens is 1. The molecular weight excluding hydrogens is 452 g/mol. The van der Waals surface area contributed by atoms with Gasteiger partial charge in [-0.2, -0.15) is 4.31 Å². The van der Waals surface area contributed by atoms with E-state index in [1.54, 1.807) is 7.11 Å². The predicted molar refractivity (Wildman–Crippen MR) is 122 cm³/mol. The summed E-state index contributed by atoms with van der Waals surface area (Å²) in [4.78, 5) is 17.1. The van der Waals surface area contributed by atoms with Crippen LogP contribution in [-0.2, 0) is 14.8 Å². The molecule has 11 heteroatoms. The highest BCUT2D eigenvalue weighted by Gasteiger charge is 2.32. The lowest BCUT2D eigenvalue weighted by Crippen LogP contribution is -2.48. The van der Waals surface area contributed by atoms with Gasteiger partial charge in [-0.15, -0.1) is 0 Å². The van der Waals surface area contributed by atoms with Crippen molar-refractivity contribution in [2.24, 2.45) is 0 Å². The van der Waals surface area contributed by atoms with Gasteiger partial charge in [-0.05, 0) is 50.2 Å². The van der Waals surface area contributed by atoms with Gasteiger partial charge in [0.15, 0.2) is 0 Å². The summed E-state index contributed by atoms with van der Waals surface area (Å²) in [6, 6.07) is 11.5. The number of anilines is 1. The Balaban J connectivity index is 1.43. The van der Waals surface area contributed by atoms with Crippen molar-refractivity contribution in [3.05, 3.63) is 48.0 Å². The van der Waals surface area contributed by atoms with Gasteiger partial charge in [0.25, 0.3) is 5.91 Å². The number of sulfonamides is 1. The van der Waals surface area contributed by atoms with Crippen molar-refractivity contribution in [1.82, 2.24) is 14.7 Å². The lowest BCUT2D eigenvalue weighted by Gasteiger charge is -2.34. The minimum absolute atomic E-state index is 0.140. The molecule has 0 unspecified atom stereocenters. The Morgan fingerprint density at radius 3 is 2.50 bits per heavy atom. The van der Waals surface area contributed by atoms with Crippen LogP contribution in [0.4, 0.5) is 5.13 Å². The third-order valence-corrected chi connectivity index (χ3v) is 7.81. The van der Waals surface area contributed by atoms with Gasteiger partial charge in [-0.1, -0.05) is 17.4 Å². The number of carbonyl (C=O) groups is 1. The van der Waals surface area contributed by atoms with Crippen LogP contribution in [0.25, 0.3) is 10.2 Å². The smallest absolute Gasteiger partial charge is 0.269 e. The Morgan fingerprint density at radius 2 is 1.84 bits per heavy atom. The summed E-state index contributed by atoms with van der Waals surface area (Å²) in [7, 11) is -2.08. The molecule has 9 nitrogen and oxygen atoms in total. The molecule has 0 spiro atoms. The molecule has 170 valence electrons. The molecule has 2 heterocycles. The van der Waals surface area contributed by atoms with Crippen molar-refractivity contribution in [3.63, 3.8) is 0 Å². The van der Waals surface area contributed by atoms with E-state index in [1.807, 2.05) is 32.0 Å². The number of fused-ring (bicyclic) bond motifs is 1. The second-order valence-electron chi connectivity index (χ2n) is 7.51. The summed E-state index contributed by atoms with van der Waals surface area (Å²) < 4.78 is 39.2. The van der Waals surface area contributed by atoms with Crippen LogP contribution in [0.1, 0.15) is 24.2 Å². The minimum atomic E-state index is -3.66. The Kier molecular flexibility index (Phi) is 6.33. The second kappa shape index (κ2) is 9.02. The third kappa shape index (κ3) is 4.56. The van der Waals surface area contributed by atoms with Crippen LogP contribution in [0.3, 0.4) is 0 Å². The number of para-hydroxylation sites is 1. The number of thiazole rings is 1. The van der Waals surface area contributed by atoms with Crippen molar-refractivity contribution >= 4 is 42.6 Å². The van der Waals surface area contributed by atoms with E-state index in [0.29, 0.717) is 35.1 Å². The number of nitrogens with zero attached hydrogens (tertiary/aromatic N) is 2. The number of benzene rings is 2. The van der Waals surface area contributed by atoms with Gasteiger partial charge in [0.2, 0.25) is 15.2 Å². The summed E-state index contributed by atoms with van der Waals surface area (Å²) in [5, 5.41) is 0.507. The molecule has 32 heavy (non-hydrogen) atoms. The lowest BCUT2D eigenvalue weighted by atomic mass is 10.2. The topological polar surface area (TPSA) is 110 Å². The van der Waals surface area contributed by atoms with E-state index < -0.39 is 15.9 Å². The maximum Gasteiger partial charge on any atom is 0.269 e. The third-order valence-electron chi connectivity index (χ3n) is 5.03. The van der Waals surface area contributed by atoms with Gasteiger partial charge >= 0.3 is 0 Å². The van der Waals surface area contributed by atoms with E-state index in [2.05, 4.69) is 15.8 Å². The summed E-state index contributed by atoms with van der Waals surface area (Å²) in [6.45, 7) is 4.29. The van der Waals surface area contributed by atoms with Gasteiger partial charge < -0.3 is 9.47 Å². The molecule has 1 aliphatic heterocycles. The maximum atomic E-state index is 12.9. The molecule has 0 radical (unpaired) electrons. The molecule has 0 aliphatic carbocycles. The number of amides is 1. The Bertz CT molecular complexity index is 1220. The van der Waals surface area contributed by atoms with Crippen molar-refractivity contribution in [2.75, 3.05) is 25.6 Å². The molecule has 2 N–H and O–H groups in total. The molecule has 1 fully saturated rings. The highest BCUT2D eigenvalue weighted by molar-refractivity contribution is 7.89. The van der Waals surface area contributed by atoms with Crippen molar-refractivity contribution in [3.8, 4) is 5.75 Å². The molecule has 1 amide bonds. The van der Waals surface area contributed by atoms with Crippen LogP contribution in [-0.4, -0.2) is 56.0 Å². The predicted octanol–water partition coefficient (Wildman–Crippen LogP) is 2.86. The van der Waals surface area contributed by atoms with Gasteiger partial charge in [-0.3, -0.25) is 15.6 Å². The van der Waals surface area contributed by atoms with Crippen LogP contribution in [0.5, 0.6) is 5.75 Å². The average molecular weight is 477 g/mol. The van der Waals surface area contributed by atoms with Crippen molar-refractivity contribution in [2.45, 2.75) is 31.0 Å². The summed E-state index contributed by atoms with van der Waals surface area (Å²) in [5.41, 5.74) is 6.42. The number of ether oxygens (including phenoxy) is 2. The largest absolute Gasteiger partial charge is 0.494 e. The highest BCUT2D eigenvalue weighted by atomic mass is 32.2. The fraction of sp³-hybridized carbons (Fsp3) is 0.333. The number of methoxy groups -OCH3 is 1. The molecule has 0 saturated carbocycles. The molecule has 0 bridgehead atoms. The average Bonchev–Trinajstić information content (AvgIpc) is 3.20. The molecule has 1 aromatic heterocycles. The van der Waals surface area contributed by atoms with E-state index in [4.69, 9.17) is 9.47 Å². The normalized spacial score (nSPS) is 19.6. The second-order valence-corrected chi connectivity index (χ2v) is 10.5. The molecule has 2 aromatic carbocycles. The standard InChI is InChI=1S/C21H24N4O5S2/c1-13-11-25(12-14(2)30-13)32(27,28)16-9-7-15(8-10-16)20(26)23-24-21-22-19-17(29-3)5-4-6-18(19)31-21/h4-10,13-14H,11-12H2,1-3H3,(H,22,24)(H,23,26)/t13-,14-/m1/s1. The highest BCUT2D eigenvalue weighted by Crippen LogP contribution is 2.31. The van der Waals surface area contributed by atoms with Gasteiger partial charge in [0.1, 0.15) is 11.3 Å². The zero-order valence-corrected chi connectivity index (χ0v) is 19.5. The van der Waals surface area contributed by atoms with E-state index in [1.165, 1.54) is 39.9 Å². The monoisotopic (exact) mass is 476 g/mol. The van der Waals surface area contributed by atoms with Gasteiger partial charge in [0.05, 0.1) is 28.9 Å². The Morgan fingerprint density at radius 1 is 1.16 bits per heavy atom. The van der Waals surface area contributed by atoms with Gasteiger partial charge in [0, 0.05) is 18.7 Å². The fourth-order valence-corrected chi connectivity index (χ4v) is 6.01. The number of hydrazine groups is 1. The number of hydrogen-bond acceptors (Lipinski definition) is 8. The summed E-state index contributed by atoms with van der Waals surface area (Å²) >= 11 is 1.37. The first-order valence-corrected chi connectivity index (χ1v) is 12.3. The van der Waals surface area contributed by atoms with E-state index in [-0.39, 0.29) is 17.1 Å². The van der Waals surface area contributed by atoms with Crippen LogP contribution in [0.15, 0.2) is 47.4 Å². The minimum Gasteiger partial charge on any atom is -0.494 e. The molecule has 1 saturated heterocycles. The zero-order valence-electron chi connectivity index (χ0n) is 17.9. The number of rotatable bonds is 6. The number of hydrogen-bond donors (Lipinski definition) is 2.